The van der Waals surface area contributed by atoms with E-state index in [9.17, 15) is 44.1 Å². The largest absolute Gasteiger partial charge is 0.481 e. The lowest BCUT2D eigenvalue weighted by molar-refractivity contribution is -0.169. The number of rotatable bonds is 11. The Morgan fingerprint density at radius 1 is 1.02 bits per heavy atom. The summed E-state index contributed by atoms with van der Waals surface area (Å²) in [5.74, 6) is -0.896. The first-order chi connectivity index (χ1) is 19.1. The van der Waals surface area contributed by atoms with Crippen LogP contribution in [0.4, 0.5) is 5.82 Å². The first kappa shape index (κ1) is 31.5. The molecule has 0 bridgehead atoms. The third kappa shape index (κ3) is 6.98. The third-order valence-corrected chi connectivity index (χ3v) is 8.51. The molecule has 2 aromatic heterocycles. The fourth-order valence-corrected chi connectivity index (χ4v) is 5.96. The number of nitrogens with two attached hydrogens (primary N) is 1. The number of aliphatic hydroxyl groups excluding tert-OH is 4. The maximum Gasteiger partial charge on any atom is 0.481 e. The molecule has 0 spiro atoms. The van der Waals surface area contributed by atoms with Crippen LogP contribution in [-0.4, -0.2) is 112 Å². The Balaban J connectivity index is 1.31. The highest BCUT2D eigenvalue weighted by Crippen LogP contribution is 2.60. The molecule has 0 radical (unpaired) electrons. The van der Waals surface area contributed by atoms with Gasteiger partial charge in [-0.2, -0.15) is 4.31 Å². The van der Waals surface area contributed by atoms with Crippen molar-refractivity contribution < 1.29 is 71.7 Å². The SMILES string of the molecule is C=C(C)C(=O)O[C@H]1C(O)O[C@H](COP(=O)(O)OP(=O)(O)OC[C@H]2O[C@@H](n3cnc4c(N)ncnc43)[C@H](O)[C@@H]2O)[C@H]1O. The van der Waals surface area contributed by atoms with E-state index in [1.807, 2.05) is 0 Å². The van der Waals surface area contributed by atoms with Crippen molar-refractivity contribution in [2.75, 3.05) is 18.9 Å². The summed E-state index contributed by atoms with van der Waals surface area (Å²) in [6.45, 7) is 2.80. The van der Waals surface area contributed by atoms with E-state index in [-0.39, 0.29) is 22.6 Å². The predicted molar refractivity (Wildman–Crippen MR) is 130 cm³/mol. The second-order valence-corrected chi connectivity index (χ2v) is 12.0. The van der Waals surface area contributed by atoms with Crippen molar-refractivity contribution in [3.63, 3.8) is 0 Å². The molecule has 2 aromatic rings. The average Bonchev–Trinajstić information content (AvgIpc) is 3.52. The standard InChI is InChI=1S/C19H27N5O15P2/c1-7(2)18(28)38-14-12(26)9(37-19(14)29)4-35-41(32,33)39-40(30,31)34-3-8-11(25)13(27)17(36-8)24-6-23-10-15(20)21-5-22-16(10)24/h5-6,8-9,11-14,17,19,25-27,29H,1,3-4H2,2H3,(H,30,31)(H,32,33)(H2,20,21,22)/t8-,9-,11-,12-,13-,14-,17-,19?/m1/s1. The maximum atomic E-state index is 12.3. The highest BCUT2D eigenvalue weighted by molar-refractivity contribution is 7.61. The first-order valence-electron chi connectivity index (χ1n) is 11.6. The van der Waals surface area contributed by atoms with E-state index in [1.54, 1.807) is 0 Å². The third-order valence-electron chi connectivity index (χ3n) is 5.91. The zero-order valence-corrected chi connectivity index (χ0v) is 22.8. The smallest absolute Gasteiger partial charge is 0.451 e. The minimum absolute atomic E-state index is 0.0356. The lowest BCUT2D eigenvalue weighted by Gasteiger charge is -2.21. The molecule has 0 aromatic carbocycles. The van der Waals surface area contributed by atoms with Crippen LogP contribution in [0.25, 0.3) is 11.2 Å². The molecule has 0 aliphatic carbocycles. The van der Waals surface area contributed by atoms with Gasteiger partial charge in [0.25, 0.3) is 0 Å². The summed E-state index contributed by atoms with van der Waals surface area (Å²) in [5, 5.41) is 40.9. The zero-order valence-electron chi connectivity index (χ0n) is 21.0. The van der Waals surface area contributed by atoms with Crippen molar-refractivity contribution in [2.24, 2.45) is 0 Å². The van der Waals surface area contributed by atoms with Crippen LogP contribution in [-0.2, 0) is 41.5 Å². The van der Waals surface area contributed by atoms with Crippen molar-refractivity contribution in [3.05, 3.63) is 24.8 Å². The van der Waals surface area contributed by atoms with Gasteiger partial charge in [0.05, 0.1) is 19.5 Å². The Hall–Kier alpha value is -2.42. The van der Waals surface area contributed by atoms with E-state index < -0.39 is 84.0 Å². The fourth-order valence-electron chi connectivity index (χ4n) is 3.87. The van der Waals surface area contributed by atoms with E-state index in [4.69, 9.17) is 19.9 Å². The van der Waals surface area contributed by atoms with Gasteiger partial charge in [-0.15, -0.1) is 0 Å². The molecular formula is C19H27N5O15P2. The molecule has 2 fully saturated rings. The number of phosphoric ester groups is 2. The number of nitrogens with zero attached hydrogens (tertiary/aromatic N) is 4. The van der Waals surface area contributed by atoms with Gasteiger partial charge < -0.3 is 50.2 Å². The molecule has 3 unspecified atom stereocenters. The summed E-state index contributed by atoms with van der Waals surface area (Å²) in [5.41, 5.74) is 6.05. The topological polar surface area (TPSA) is 298 Å². The summed E-state index contributed by atoms with van der Waals surface area (Å²) in [6, 6.07) is 0. The van der Waals surface area contributed by atoms with Gasteiger partial charge in [0.15, 0.2) is 30.1 Å². The van der Waals surface area contributed by atoms with Gasteiger partial charge in [0, 0.05) is 5.57 Å². The molecule has 2 saturated heterocycles. The van der Waals surface area contributed by atoms with E-state index in [0.29, 0.717) is 0 Å². The molecule has 0 amide bonds. The Morgan fingerprint density at radius 3 is 2.24 bits per heavy atom. The van der Waals surface area contributed by atoms with Gasteiger partial charge in [0.2, 0.25) is 0 Å². The summed E-state index contributed by atoms with van der Waals surface area (Å²) in [6.07, 6.45) is -10.2. The van der Waals surface area contributed by atoms with Crippen LogP contribution >= 0.6 is 15.6 Å². The molecule has 2 aliphatic heterocycles. The Kier molecular flexibility index (Phi) is 9.27. The van der Waals surface area contributed by atoms with Crippen molar-refractivity contribution in [3.8, 4) is 0 Å². The monoisotopic (exact) mass is 627 g/mol. The fraction of sp³-hybridized carbons (Fsp3) is 0.579. The number of fused-ring (bicyclic) bond motifs is 1. The molecule has 228 valence electrons. The number of aliphatic hydroxyl groups is 4. The highest BCUT2D eigenvalue weighted by atomic mass is 31.3. The molecule has 4 heterocycles. The number of phosphoric acid groups is 2. The van der Waals surface area contributed by atoms with Gasteiger partial charge in [-0.1, -0.05) is 6.58 Å². The predicted octanol–water partition coefficient (Wildman–Crippen LogP) is -2.16. The van der Waals surface area contributed by atoms with E-state index >= 15 is 0 Å². The Morgan fingerprint density at radius 2 is 1.63 bits per heavy atom. The van der Waals surface area contributed by atoms with Gasteiger partial charge in [-0.3, -0.25) is 13.6 Å². The van der Waals surface area contributed by atoms with Crippen LogP contribution in [0.2, 0.25) is 0 Å². The number of aromatic nitrogens is 4. The van der Waals surface area contributed by atoms with Crippen LogP contribution in [0, 0.1) is 0 Å². The number of esters is 1. The number of nitrogen functional groups attached to an aromatic ring is 1. The zero-order chi connectivity index (χ0) is 30.3. The quantitative estimate of drug-likeness (QED) is 0.0793. The van der Waals surface area contributed by atoms with Crippen LogP contribution in [0.1, 0.15) is 13.2 Å². The first-order valence-corrected chi connectivity index (χ1v) is 14.6. The maximum absolute atomic E-state index is 12.3. The molecule has 10 atom stereocenters. The van der Waals surface area contributed by atoms with Crippen molar-refractivity contribution >= 4 is 38.6 Å². The van der Waals surface area contributed by atoms with Gasteiger partial charge in [-0.25, -0.2) is 28.9 Å². The van der Waals surface area contributed by atoms with E-state index in [0.717, 1.165) is 6.33 Å². The molecule has 4 rings (SSSR count). The van der Waals surface area contributed by atoms with Crippen LogP contribution in [0.3, 0.4) is 0 Å². The number of hydrogen-bond donors (Lipinski definition) is 7. The second kappa shape index (κ2) is 12.1. The van der Waals surface area contributed by atoms with Crippen molar-refractivity contribution in [1.82, 2.24) is 19.5 Å². The number of carbonyl (C=O) groups excluding carboxylic acids is 1. The number of imidazole rings is 1. The van der Waals surface area contributed by atoms with Gasteiger partial charge in [0.1, 0.15) is 42.4 Å². The molecular weight excluding hydrogens is 600 g/mol. The number of anilines is 1. The molecule has 20 nitrogen and oxygen atoms in total. The molecule has 2 aliphatic rings. The van der Waals surface area contributed by atoms with Crippen LogP contribution in [0.15, 0.2) is 24.8 Å². The molecule has 0 saturated carbocycles. The van der Waals surface area contributed by atoms with E-state index in [1.165, 1.54) is 17.8 Å². The molecule has 41 heavy (non-hydrogen) atoms. The van der Waals surface area contributed by atoms with Crippen LogP contribution in [0.5, 0.6) is 0 Å². The molecule has 22 heteroatoms. The van der Waals surface area contributed by atoms with Crippen LogP contribution < -0.4 is 5.73 Å². The highest BCUT2D eigenvalue weighted by Gasteiger charge is 2.48. The summed E-state index contributed by atoms with van der Waals surface area (Å²) in [7, 11) is -10.7. The Bertz CT molecular complexity index is 1390. The van der Waals surface area contributed by atoms with Gasteiger partial charge in [-0.05, 0) is 6.92 Å². The minimum Gasteiger partial charge on any atom is -0.451 e. The van der Waals surface area contributed by atoms with Gasteiger partial charge >= 0.3 is 21.6 Å². The minimum atomic E-state index is -5.37. The average molecular weight is 627 g/mol. The number of ether oxygens (including phenoxy) is 3. The van der Waals surface area contributed by atoms with Crippen molar-refractivity contribution in [1.29, 1.82) is 0 Å². The summed E-state index contributed by atoms with van der Waals surface area (Å²) in [4.78, 5) is 43.3. The lowest BCUT2D eigenvalue weighted by Crippen LogP contribution is -2.38. The van der Waals surface area contributed by atoms with Crippen molar-refractivity contribution in [2.45, 2.75) is 56.1 Å². The normalized spacial score (nSPS) is 33.0. The Labute approximate surface area is 230 Å². The van der Waals surface area contributed by atoms with E-state index in [2.05, 4.69) is 34.9 Å². The number of carbonyl (C=O) groups is 1. The summed E-state index contributed by atoms with van der Waals surface area (Å²) < 4.78 is 54.5. The molecule has 8 N–H and O–H groups in total. The number of hydrogen-bond acceptors (Lipinski definition) is 17. The second-order valence-electron chi connectivity index (χ2n) is 8.95. The summed E-state index contributed by atoms with van der Waals surface area (Å²) >= 11 is 0. The lowest BCUT2D eigenvalue weighted by atomic mass is 10.1.